The third-order valence-electron chi connectivity index (χ3n) is 8.39. The molecule has 1 aromatic heterocycles. The predicted octanol–water partition coefficient (Wildman–Crippen LogP) is 11.8. The summed E-state index contributed by atoms with van der Waals surface area (Å²) in [5.74, 6) is 2.23. The van der Waals surface area contributed by atoms with Gasteiger partial charge in [0.05, 0.1) is 12.0 Å². The molecule has 2 unspecified atom stereocenters. The highest BCUT2D eigenvalue weighted by Gasteiger charge is 2.25. The van der Waals surface area contributed by atoms with Gasteiger partial charge in [-0.3, -0.25) is 0 Å². The Kier molecular flexibility index (Phi) is 22.7. The third-order valence-corrected chi connectivity index (χ3v) is 8.39. The fraction of sp³-hybridized carbons (Fsp3) is 0.912. The van der Waals surface area contributed by atoms with E-state index in [-0.39, 0.29) is 0 Å². The molecule has 0 radical (unpaired) electrons. The molecule has 0 fully saturated rings. The summed E-state index contributed by atoms with van der Waals surface area (Å²) in [6, 6.07) is 0.622. The van der Waals surface area contributed by atoms with E-state index in [1.54, 1.807) is 0 Å². The highest BCUT2D eigenvalue weighted by Crippen LogP contribution is 2.27. The highest BCUT2D eigenvalue weighted by atomic mass is 15.1. The average molecular weight is 504 g/mol. The van der Waals surface area contributed by atoms with Crippen LogP contribution in [0.3, 0.4) is 0 Å². The first-order chi connectivity index (χ1) is 17.7. The van der Waals surface area contributed by atoms with E-state index in [1.165, 1.54) is 166 Å². The summed E-state index contributed by atoms with van der Waals surface area (Å²) >= 11 is 0. The van der Waals surface area contributed by atoms with Gasteiger partial charge in [-0.2, -0.15) is 0 Å². The molecule has 2 nitrogen and oxygen atoms in total. The van der Waals surface area contributed by atoms with E-state index in [2.05, 4.69) is 49.6 Å². The van der Waals surface area contributed by atoms with Crippen molar-refractivity contribution in [1.82, 2.24) is 4.98 Å². The van der Waals surface area contributed by atoms with E-state index in [9.17, 15) is 0 Å². The van der Waals surface area contributed by atoms with E-state index in [0.29, 0.717) is 12.0 Å². The zero-order valence-electron chi connectivity index (χ0n) is 25.4. The van der Waals surface area contributed by atoms with Gasteiger partial charge >= 0.3 is 0 Å². The number of nitrogens with one attached hydrogen (secondary N) is 1. The van der Waals surface area contributed by atoms with Crippen LogP contribution in [0.15, 0.2) is 12.4 Å². The summed E-state index contributed by atoms with van der Waals surface area (Å²) in [4.78, 5) is 3.69. The second kappa shape index (κ2) is 24.5. The molecule has 1 rings (SSSR count). The van der Waals surface area contributed by atoms with Crippen molar-refractivity contribution in [3.8, 4) is 0 Å². The summed E-state index contributed by atoms with van der Waals surface area (Å²) in [6.45, 7) is 9.40. The molecular formula is C34H67N2+. The Hall–Kier alpha value is -0.790. The largest absolute Gasteiger partial charge is 0.257 e. The lowest BCUT2D eigenvalue weighted by Crippen LogP contribution is -2.41. The summed E-state index contributed by atoms with van der Waals surface area (Å²) in [5, 5.41) is 0. The van der Waals surface area contributed by atoms with Crippen LogP contribution in [0.1, 0.15) is 206 Å². The van der Waals surface area contributed by atoms with Crippen LogP contribution >= 0.6 is 0 Å². The standard InChI is InChI=1S/C34H66N2/c1-5-8-11-13-15-16-17-18-19-20-21-22-25-27-32(4)36-31-30-35-34(36)33(28-24-10-7-3)29-26-23-14-12-9-6-2/h30-33H,5-29H2,1-4H3/p+1. The summed E-state index contributed by atoms with van der Waals surface area (Å²) in [6.07, 6.45) is 39.8. The van der Waals surface area contributed by atoms with Crippen molar-refractivity contribution in [2.24, 2.45) is 0 Å². The SMILES string of the molecule is CCCCCCCCCCCCCCCC(C)[n+]1cc[nH]c1C(CCCCC)CCCCCCCC. The van der Waals surface area contributed by atoms with Crippen LogP contribution in [0.2, 0.25) is 0 Å². The lowest BCUT2D eigenvalue weighted by Gasteiger charge is -2.17. The minimum absolute atomic E-state index is 0.622. The molecule has 0 bridgehead atoms. The van der Waals surface area contributed by atoms with Crippen molar-refractivity contribution < 1.29 is 4.57 Å². The topological polar surface area (TPSA) is 19.7 Å². The molecule has 0 amide bonds. The van der Waals surface area contributed by atoms with E-state index < -0.39 is 0 Å². The number of hydrogen-bond acceptors (Lipinski definition) is 0. The molecule has 1 aromatic rings. The van der Waals surface area contributed by atoms with Crippen molar-refractivity contribution in [1.29, 1.82) is 0 Å². The van der Waals surface area contributed by atoms with Gasteiger partial charge in [0, 0.05) is 0 Å². The number of aromatic amines is 1. The van der Waals surface area contributed by atoms with Crippen LogP contribution in [0.5, 0.6) is 0 Å². The minimum atomic E-state index is 0.622. The molecule has 1 N–H and O–H groups in total. The molecule has 1 heterocycles. The second-order valence-electron chi connectivity index (χ2n) is 11.9. The lowest BCUT2D eigenvalue weighted by molar-refractivity contribution is -0.727. The van der Waals surface area contributed by atoms with E-state index in [0.717, 1.165) is 0 Å². The molecule has 2 atom stereocenters. The van der Waals surface area contributed by atoms with Crippen LogP contribution in [0.4, 0.5) is 0 Å². The first kappa shape index (κ1) is 33.2. The molecule has 2 heteroatoms. The van der Waals surface area contributed by atoms with Crippen LogP contribution < -0.4 is 4.57 Å². The Morgan fingerprint density at radius 3 is 1.36 bits per heavy atom. The van der Waals surface area contributed by atoms with Crippen LogP contribution in [-0.2, 0) is 0 Å². The maximum Gasteiger partial charge on any atom is 0.257 e. The third kappa shape index (κ3) is 16.9. The average Bonchev–Trinajstić information content (AvgIpc) is 3.37. The summed E-state index contributed by atoms with van der Waals surface area (Å²) in [7, 11) is 0. The molecule has 36 heavy (non-hydrogen) atoms. The number of hydrogen-bond donors (Lipinski definition) is 1. The molecular weight excluding hydrogens is 436 g/mol. The number of H-pyrrole nitrogens is 1. The molecule has 0 saturated carbocycles. The molecule has 0 aliphatic rings. The van der Waals surface area contributed by atoms with Gasteiger partial charge in [0.1, 0.15) is 12.4 Å². The molecule has 212 valence electrons. The Labute approximate surface area is 227 Å². The fourth-order valence-corrected chi connectivity index (χ4v) is 5.90. The Morgan fingerprint density at radius 1 is 0.528 bits per heavy atom. The van der Waals surface area contributed by atoms with Crippen molar-refractivity contribution in [3.05, 3.63) is 18.2 Å². The number of rotatable bonds is 27. The quantitative estimate of drug-likeness (QED) is 0.0909. The predicted molar refractivity (Wildman–Crippen MR) is 161 cm³/mol. The van der Waals surface area contributed by atoms with Gasteiger partial charge in [-0.1, -0.05) is 156 Å². The Bertz CT molecular complexity index is 563. The number of unbranched alkanes of at least 4 members (excludes halogenated alkanes) is 19. The molecule has 0 saturated heterocycles. The van der Waals surface area contributed by atoms with Crippen molar-refractivity contribution in [2.75, 3.05) is 0 Å². The zero-order chi connectivity index (χ0) is 26.1. The highest BCUT2D eigenvalue weighted by molar-refractivity contribution is 4.90. The van der Waals surface area contributed by atoms with Gasteiger partial charge < -0.3 is 0 Å². The first-order valence-corrected chi connectivity index (χ1v) is 16.8. The first-order valence-electron chi connectivity index (χ1n) is 16.8. The minimum Gasteiger partial charge on any atom is -0.247 e. The Morgan fingerprint density at radius 2 is 0.889 bits per heavy atom. The fourth-order valence-electron chi connectivity index (χ4n) is 5.90. The van der Waals surface area contributed by atoms with Crippen LogP contribution in [0.25, 0.3) is 0 Å². The number of aromatic nitrogens is 2. The van der Waals surface area contributed by atoms with Crippen molar-refractivity contribution in [2.45, 2.75) is 200 Å². The van der Waals surface area contributed by atoms with Gasteiger partial charge in [-0.05, 0) is 32.6 Å². The van der Waals surface area contributed by atoms with Crippen molar-refractivity contribution in [3.63, 3.8) is 0 Å². The van der Waals surface area contributed by atoms with Gasteiger partial charge in [0.2, 0.25) is 0 Å². The van der Waals surface area contributed by atoms with Gasteiger partial charge in [-0.25, -0.2) is 9.55 Å². The number of imidazole rings is 1. The van der Waals surface area contributed by atoms with Crippen LogP contribution in [-0.4, -0.2) is 4.98 Å². The summed E-state index contributed by atoms with van der Waals surface area (Å²) < 4.78 is 2.61. The summed E-state index contributed by atoms with van der Waals surface area (Å²) in [5.41, 5.74) is 0. The van der Waals surface area contributed by atoms with Crippen LogP contribution in [0, 0.1) is 0 Å². The normalized spacial score (nSPS) is 13.3. The maximum absolute atomic E-state index is 3.69. The van der Waals surface area contributed by atoms with E-state index in [4.69, 9.17) is 0 Å². The van der Waals surface area contributed by atoms with Gasteiger partial charge in [-0.15, -0.1) is 0 Å². The number of nitrogens with zero attached hydrogens (tertiary/aromatic N) is 1. The van der Waals surface area contributed by atoms with E-state index >= 15 is 0 Å². The van der Waals surface area contributed by atoms with Gasteiger partial charge in [0.15, 0.2) is 0 Å². The van der Waals surface area contributed by atoms with E-state index in [1.807, 2.05) is 0 Å². The second-order valence-corrected chi connectivity index (χ2v) is 11.9. The molecule has 0 aliphatic heterocycles. The zero-order valence-corrected chi connectivity index (χ0v) is 25.4. The maximum atomic E-state index is 3.69. The van der Waals surface area contributed by atoms with Gasteiger partial charge in [0.25, 0.3) is 5.82 Å². The van der Waals surface area contributed by atoms with Crippen molar-refractivity contribution >= 4 is 0 Å². The monoisotopic (exact) mass is 504 g/mol. The lowest BCUT2D eigenvalue weighted by atomic mass is 9.93. The smallest absolute Gasteiger partial charge is 0.247 e. The molecule has 0 spiro atoms. The Balaban J connectivity index is 2.27. The molecule has 0 aromatic carbocycles. The molecule has 0 aliphatic carbocycles.